The number of amides is 11. The third kappa shape index (κ3) is 18.4. The van der Waals surface area contributed by atoms with Crippen LogP contribution in [0.3, 0.4) is 0 Å². The molecule has 3 saturated heterocycles. The number of para-hydroxylation sites is 1. The first-order valence-corrected chi connectivity index (χ1v) is 29.9. The van der Waals surface area contributed by atoms with Gasteiger partial charge in [0.05, 0.1) is 19.5 Å². The number of aliphatic carboxylic acids is 1. The van der Waals surface area contributed by atoms with Crippen LogP contribution in [0.4, 0.5) is 5.69 Å². The number of aliphatic imine (C=N–C) groups is 1. The average molecular weight is 1240 g/mol. The smallest absolute Gasteiger partial charge is 0.303 e. The molecule has 10 atom stereocenters. The minimum Gasteiger partial charge on any atom is -0.508 e. The van der Waals surface area contributed by atoms with Gasteiger partial charge in [0, 0.05) is 37.0 Å². The van der Waals surface area contributed by atoms with Gasteiger partial charge in [0.2, 0.25) is 65.0 Å². The summed E-state index contributed by atoms with van der Waals surface area (Å²) >= 11 is 0. The SMILES string of the molecule is CC(C)=CCC12CC3C(=O)N[C@@H](C(C)C)C(=O)N4CCC[C@H]4C(=O)N[C@@H](CC(N)=O)C(=O)N[C@@H](CCC(=O)O)C(=O)N[C@@H](CCCN=C(N)N)C(=O)NCC(=O)N[C@@H](Cc4ccc(O)cc4)C(=O)NCC(=O)N[C@@H](CC(C)C)C(=O)N3C1Nc1ccccc12. The molecular formula is C60H85N15O14. The minimum atomic E-state index is -1.80. The second-order valence-electron chi connectivity index (χ2n) is 24.0. The summed E-state index contributed by atoms with van der Waals surface area (Å²) in [6.45, 7) is 9.34. The van der Waals surface area contributed by atoms with Crippen molar-refractivity contribution in [2.75, 3.05) is 31.5 Å². The maximum atomic E-state index is 15.6. The maximum absolute atomic E-state index is 15.6. The molecule has 484 valence electrons. The number of carboxylic acids is 1. The minimum absolute atomic E-state index is 0.0181. The molecule has 0 aromatic heterocycles. The number of carbonyl (C=O) groups excluding carboxylic acids is 11. The third-order valence-electron chi connectivity index (χ3n) is 16.1. The van der Waals surface area contributed by atoms with Crippen molar-refractivity contribution in [1.29, 1.82) is 0 Å². The number of allylic oxidation sites excluding steroid dienone is 2. The fourth-order valence-electron chi connectivity index (χ4n) is 11.6. The fourth-order valence-corrected chi connectivity index (χ4v) is 11.6. The third-order valence-corrected chi connectivity index (χ3v) is 16.1. The lowest BCUT2D eigenvalue weighted by molar-refractivity contribution is -0.146. The molecule has 4 heterocycles. The summed E-state index contributed by atoms with van der Waals surface area (Å²) in [7, 11) is 0. The van der Waals surface area contributed by atoms with Crippen molar-refractivity contribution >= 4 is 82.6 Å². The predicted molar refractivity (Wildman–Crippen MR) is 324 cm³/mol. The van der Waals surface area contributed by atoms with Crippen LogP contribution in [0, 0.1) is 11.8 Å². The van der Waals surface area contributed by atoms with Crippen LogP contribution in [0.15, 0.2) is 65.2 Å². The second kappa shape index (κ2) is 31.0. The molecule has 4 aliphatic heterocycles. The number of guanidine groups is 1. The van der Waals surface area contributed by atoms with E-state index in [1.807, 2.05) is 58.0 Å². The van der Waals surface area contributed by atoms with Crippen molar-refractivity contribution in [1.82, 2.24) is 52.3 Å². The monoisotopic (exact) mass is 1240 g/mol. The molecule has 11 amide bonds. The van der Waals surface area contributed by atoms with Crippen LogP contribution in [0.2, 0.25) is 0 Å². The van der Waals surface area contributed by atoms with Gasteiger partial charge in [0.1, 0.15) is 60.3 Å². The highest BCUT2D eigenvalue weighted by atomic mass is 16.4. The molecule has 4 aliphatic rings. The molecule has 3 fully saturated rings. The van der Waals surface area contributed by atoms with E-state index in [-0.39, 0.29) is 75.7 Å². The number of fused-ring (bicyclic) bond motifs is 6. The Balaban J connectivity index is 1.42. The number of phenolic OH excluding ortho intramolecular Hbond substituents is 1. The highest BCUT2D eigenvalue weighted by Crippen LogP contribution is 2.53. The van der Waals surface area contributed by atoms with Crippen molar-refractivity contribution in [3.8, 4) is 5.75 Å². The number of aromatic hydroxyl groups is 1. The van der Waals surface area contributed by atoms with Gasteiger partial charge in [-0.1, -0.05) is 69.7 Å². The van der Waals surface area contributed by atoms with E-state index >= 15 is 9.59 Å². The van der Waals surface area contributed by atoms with Crippen molar-refractivity contribution < 1.29 is 67.7 Å². The van der Waals surface area contributed by atoms with E-state index < -0.39 is 169 Å². The number of carboxylic acid groups (broad SMARTS) is 1. The van der Waals surface area contributed by atoms with Gasteiger partial charge in [-0.2, -0.15) is 0 Å². The number of nitrogens with two attached hydrogens (primary N) is 3. The maximum Gasteiger partial charge on any atom is 0.303 e. The normalized spacial score (nSPS) is 26.1. The quantitative estimate of drug-likeness (QED) is 0.0383. The number of carbonyl (C=O) groups is 12. The summed E-state index contributed by atoms with van der Waals surface area (Å²) < 4.78 is 0. The second-order valence-corrected chi connectivity index (χ2v) is 24.0. The van der Waals surface area contributed by atoms with Crippen LogP contribution in [0.25, 0.3) is 0 Å². The first-order chi connectivity index (χ1) is 42.1. The van der Waals surface area contributed by atoms with Gasteiger partial charge in [-0.3, -0.25) is 62.5 Å². The van der Waals surface area contributed by atoms with E-state index in [0.29, 0.717) is 12.0 Å². The summed E-state index contributed by atoms with van der Waals surface area (Å²) in [6.07, 6.45) is -0.510. The Kier molecular flexibility index (Phi) is 24.0. The Hall–Kier alpha value is -9.31. The number of primary amides is 1. The molecule has 29 nitrogen and oxygen atoms in total. The Labute approximate surface area is 515 Å². The molecule has 89 heavy (non-hydrogen) atoms. The molecule has 0 aliphatic carbocycles. The van der Waals surface area contributed by atoms with Gasteiger partial charge in [0.15, 0.2) is 5.96 Å². The molecule has 29 heteroatoms. The van der Waals surface area contributed by atoms with Gasteiger partial charge >= 0.3 is 5.97 Å². The van der Waals surface area contributed by atoms with E-state index in [1.165, 1.54) is 34.1 Å². The Morgan fingerprint density at radius 2 is 1.29 bits per heavy atom. The summed E-state index contributed by atoms with van der Waals surface area (Å²) in [4.78, 5) is 176. The van der Waals surface area contributed by atoms with Crippen molar-refractivity contribution in [3.05, 3.63) is 71.3 Å². The highest BCUT2D eigenvalue weighted by Gasteiger charge is 2.61. The van der Waals surface area contributed by atoms with Gasteiger partial charge in [-0.25, -0.2) is 0 Å². The molecule has 17 N–H and O–H groups in total. The molecule has 0 saturated carbocycles. The van der Waals surface area contributed by atoms with Gasteiger partial charge < -0.3 is 85.1 Å². The first-order valence-electron chi connectivity index (χ1n) is 29.9. The lowest BCUT2D eigenvalue weighted by Gasteiger charge is -2.36. The number of anilines is 1. The first kappa shape index (κ1) is 68.8. The topological polar surface area (TPSA) is 450 Å². The van der Waals surface area contributed by atoms with Crippen LogP contribution in [-0.2, 0) is 69.4 Å². The zero-order valence-corrected chi connectivity index (χ0v) is 51.0. The zero-order valence-electron chi connectivity index (χ0n) is 51.0. The molecule has 0 spiro atoms. The Morgan fingerprint density at radius 3 is 1.90 bits per heavy atom. The zero-order chi connectivity index (χ0) is 65.4. The lowest BCUT2D eigenvalue weighted by atomic mass is 9.75. The van der Waals surface area contributed by atoms with E-state index in [2.05, 4.69) is 52.8 Å². The number of hydrogen-bond donors (Lipinski definition) is 14. The van der Waals surface area contributed by atoms with Gasteiger partial charge in [0.25, 0.3) is 0 Å². The van der Waals surface area contributed by atoms with Crippen LogP contribution in [0.1, 0.15) is 117 Å². The van der Waals surface area contributed by atoms with Crippen LogP contribution < -0.4 is 65.1 Å². The van der Waals surface area contributed by atoms with Gasteiger partial charge in [-0.15, -0.1) is 0 Å². The predicted octanol–water partition coefficient (Wildman–Crippen LogP) is -1.78. The largest absolute Gasteiger partial charge is 0.508 e. The van der Waals surface area contributed by atoms with E-state index in [4.69, 9.17) is 17.2 Å². The molecule has 6 rings (SSSR count). The lowest BCUT2D eigenvalue weighted by Crippen LogP contribution is -2.62. The summed E-state index contributed by atoms with van der Waals surface area (Å²) in [5, 5.41) is 43.7. The van der Waals surface area contributed by atoms with Crippen molar-refractivity contribution in [3.63, 3.8) is 0 Å². The number of nitrogens with one attached hydrogen (secondary N) is 9. The van der Waals surface area contributed by atoms with Crippen molar-refractivity contribution in [2.24, 2.45) is 34.0 Å². The Morgan fingerprint density at radius 1 is 0.697 bits per heavy atom. The molecule has 2 aromatic rings. The highest BCUT2D eigenvalue weighted by molar-refractivity contribution is 6.00. The molecule has 0 bridgehead atoms. The molecular weight excluding hydrogens is 1150 g/mol. The van der Waals surface area contributed by atoms with E-state index in [1.54, 1.807) is 13.8 Å². The average Bonchev–Trinajstić information content (AvgIpc) is 2.05. The number of hydrogen-bond acceptors (Lipinski definition) is 15. The summed E-state index contributed by atoms with van der Waals surface area (Å²) in [6, 6.07) is 1.50. The number of nitrogens with zero attached hydrogens (tertiary/aromatic N) is 3. The number of phenols is 1. The van der Waals surface area contributed by atoms with Crippen LogP contribution in [-0.4, -0.2) is 178 Å². The van der Waals surface area contributed by atoms with Gasteiger partial charge in [-0.05, 0) is 106 Å². The molecule has 3 unspecified atom stereocenters. The summed E-state index contributed by atoms with van der Waals surface area (Å²) in [5.41, 5.74) is 18.6. The Bertz CT molecular complexity index is 3060. The number of benzene rings is 2. The molecule has 2 aromatic carbocycles. The van der Waals surface area contributed by atoms with E-state index in [0.717, 1.165) is 16.8 Å². The number of rotatable bonds is 16. The van der Waals surface area contributed by atoms with Crippen LogP contribution in [0.5, 0.6) is 5.75 Å². The molecule has 0 radical (unpaired) electrons. The standard InChI is InChI=1S/C60H85N15O14/c1-31(2)21-22-60-28-44-55(87)73-49(33(5)6)57(89)74-24-10-14-43(74)54(86)71-41(27-45(61)77)53(85)70-39(19-20-48(80)81)52(84)69-38(13-9-23-64-59(62)63)50(82)65-29-46(78)67-40(26-34-15-17-35(76)18-16-34)51(83)66-30-47(79)68-42(25-32(3)4)56(88)75(44)58(60)72-37-12-8-7-11-36(37)60/h7-8,11-12,15-18,21,32-33,38-44,49,58,72,76H,9-10,13-14,19-20,22-30H2,1-6H3,(H2,61,77)(H,65,82)(H,66,83)(H,67,78)(H,68,79)(H,69,84)(H,70,85)(H,71,86)(H,73,87)(H,80,81)(H4,62,63,64)/t38-,39-,40-,41-,42-,43-,44?,49-,58?,60?/m0/s1. The van der Waals surface area contributed by atoms with Crippen LogP contribution >= 0.6 is 0 Å². The summed E-state index contributed by atoms with van der Waals surface area (Å²) in [5.74, 6) is -12.5. The van der Waals surface area contributed by atoms with E-state index in [9.17, 15) is 58.2 Å². The fraction of sp³-hybridized carbons (Fsp3) is 0.550. The van der Waals surface area contributed by atoms with Crippen molar-refractivity contribution in [2.45, 2.75) is 172 Å².